The van der Waals surface area contributed by atoms with E-state index < -0.39 is 0 Å². The molecule has 2 rings (SSSR count). The van der Waals surface area contributed by atoms with E-state index in [1.807, 2.05) is 24.0 Å². The van der Waals surface area contributed by atoms with Crippen molar-refractivity contribution in [3.8, 4) is 0 Å². The molecule has 0 aliphatic rings. The molecule has 98 valence electrons. The molecule has 2 N–H and O–H groups in total. The topological polar surface area (TPSA) is 61.7 Å². The molecule has 0 radical (unpaired) electrons. The van der Waals surface area contributed by atoms with Crippen LogP contribution >= 0.6 is 0 Å². The third-order valence-corrected chi connectivity index (χ3v) is 3.10. The Morgan fingerprint density at radius 1 is 1.28 bits per heavy atom. The first-order valence-corrected chi connectivity index (χ1v) is 6.44. The van der Waals surface area contributed by atoms with Crippen molar-refractivity contribution in [2.75, 3.05) is 0 Å². The van der Waals surface area contributed by atoms with E-state index >= 15 is 0 Å². The van der Waals surface area contributed by atoms with E-state index in [1.165, 1.54) is 0 Å². The molecule has 0 saturated carbocycles. The lowest BCUT2D eigenvalue weighted by atomic mass is 10.1. The molecule has 0 saturated heterocycles. The molecule has 0 bridgehead atoms. The van der Waals surface area contributed by atoms with E-state index in [4.69, 9.17) is 5.73 Å². The minimum absolute atomic E-state index is 0.0485. The molecule has 5 heteroatoms. The van der Waals surface area contributed by atoms with Gasteiger partial charge in [0.1, 0.15) is 0 Å². The molecule has 1 atom stereocenters. The second-order valence-electron chi connectivity index (χ2n) is 4.52. The van der Waals surface area contributed by atoms with Crippen LogP contribution in [0.3, 0.4) is 0 Å². The maximum atomic E-state index is 6.27. The van der Waals surface area contributed by atoms with Gasteiger partial charge in [-0.05, 0) is 25.5 Å². The molecule has 0 fully saturated rings. The van der Waals surface area contributed by atoms with Crippen LogP contribution < -0.4 is 5.73 Å². The lowest BCUT2D eigenvalue weighted by molar-refractivity contribution is 0.559. The van der Waals surface area contributed by atoms with Gasteiger partial charge in [0.05, 0.1) is 23.1 Å². The highest BCUT2D eigenvalue weighted by Crippen LogP contribution is 2.17. The smallest absolute Gasteiger partial charge is 0.0643 e. The van der Waals surface area contributed by atoms with Gasteiger partial charge in [-0.15, -0.1) is 0 Å². The molecular weight excluding hydrogens is 226 g/mol. The Morgan fingerprint density at radius 3 is 2.61 bits per heavy atom. The Kier molecular flexibility index (Phi) is 3.81. The summed E-state index contributed by atoms with van der Waals surface area (Å²) in [7, 11) is 1.92. The quantitative estimate of drug-likeness (QED) is 0.869. The van der Waals surface area contributed by atoms with Gasteiger partial charge in [0.2, 0.25) is 0 Å². The zero-order valence-corrected chi connectivity index (χ0v) is 11.3. The van der Waals surface area contributed by atoms with Gasteiger partial charge in [0.25, 0.3) is 0 Å². The van der Waals surface area contributed by atoms with Crippen LogP contribution in [-0.4, -0.2) is 19.6 Å². The van der Waals surface area contributed by atoms with E-state index in [-0.39, 0.29) is 6.04 Å². The number of nitrogens with zero attached hydrogens (tertiary/aromatic N) is 4. The summed E-state index contributed by atoms with van der Waals surface area (Å²) in [5.74, 6) is 0. The molecule has 2 aromatic heterocycles. The summed E-state index contributed by atoms with van der Waals surface area (Å²) >= 11 is 0. The van der Waals surface area contributed by atoms with Gasteiger partial charge in [-0.1, -0.05) is 6.92 Å². The molecule has 0 aliphatic carbocycles. The van der Waals surface area contributed by atoms with Crippen molar-refractivity contribution >= 4 is 0 Å². The maximum Gasteiger partial charge on any atom is 0.0643 e. The number of nitrogens with two attached hydrogens (primary N) is 1. The van der Waals surface area contributed by atoms with E-state index in [0.717, 1.165) is 36.5 Å². The Labute approximate surface area is 108 Å². The van der Waals surface area contributed by atoms with E-state index in [2.05, 4.69) is 30.1 Å². The largest absolute Gasteiger partial charge is 0.322 e. The fourth-order valence-corrected chi connectivity index (χ4v) is 2.11. The number of hydrogen-bond donors (Lipinski definition) is 1. The van der Waals surface area contributed by atoms with Crippen LogP contribution in [0, 0.1) is 0 Å². The van der Waals surface area contributed by atoms with Crippen molar-refractivity contribution in [2.24, 2.45) is 12.8 Å². The fraction of sp³-hybridized carbons (Fsp3) is 0.538. The second-order valence-corrected chi connectivity index (χ2v) is 4.52. The van der Waals surface area contributed by atoms with Gasteiger partial charge >= 0.3 is 0 Å². The molecule has 0 spiro atoms. The first-order chi connectivity index (χ1) is 8.63. The monoisotopic (exact) mass is 247 g/mol. The van der Waals surface area contributed by atoms with Crippen molar-refractivity contribution < 1.29 is 0 Å². The minimum Gasteiger partial charge on any atom is -0.322 e. The standard InChI is InChI=1S/C13H21N5/c1-4-10-9-13(18(5-2)16-10)12(14)8-11-6-7-17(3)15-11/h6-7,9,12H,4-5,8,14H2,1-3H3. The summed E-state index contributed by atoms with van der Waals surface area (Å²) in [4.78, 5) is 0. The fourth-order valence-electron chi connectivity index (χ4n) is 2.11. The average Bonchev–Trinajstić information content (AvgIpc) is 2.95. The molecule has 0 aliphatic heterocycles. The van der Waals surface area contributed by atoms with Crippen molar-refractivity contribution in [3.63, 3.8) is 0 Å². The summed E-state index contributed by atoms with van der Waals surface area (Å²) in [6, 6.07) is 4.07. The highest BCUT2D eigenvalue weighted by atomic mass is 15.3. The molecule has 5 nitrogen and oxygen atoms in total. The molecule has 2 aromatic rings. The van der Waals surface area contributed by atoms with Crippen LogP contribution in [0.1, 0.15) is 37.0 Å². The van der Waals surface area contributed by atoms with Gasteiger partial charge < -0.3 is 5.73 Å². The first kappa shape index (κ1) is 12.8. The molecule has 0 amide bonds. The lowest BCUT2D eigenvalue weighted by Crippen LogP contribution is -2.18. The van der Waals surface area contributed by atoms with Gasteiger partial charge in [0.15, 0.2) is 0 Å². The van der Waals surface area contributed by atoms with Crippen molar-refractivity contribution in [3.05, 3.63) is 35.4 Å². The summed E-state index contributed by atoms with van der Waals surface area (Å²) in [5.41, 5.74) is 9.49. The summed E-state index contributed by atoms with van der Waals surface area (Å²) < 4.78 is 3.79. The zero-order chi connectivity index (χ0) is 13.1. The van der Waals surface area contributed by atoms with Crippen LogP contribution in [0.5, 0.6) is 0 Å². The molecular formula is C13H21N5. The Bertz CT molecular complexity index is 511. The van der Waals surface area contributed by atoms with Crippen molar-refractivity contribution in [1.82, 2.24) is 19.6 Å². The molecule has 0 aromatic carbocycles. The van der Waals surface area contributed by atoms with Crippen LogP contribution in [-0.2, 0) is 26.4 Å². The Balaban J connectivity index is 2.17. The molecule has 2 heterocycles. The van der Waals surface area contributed by atoms with Crippen LogP contribution in [0.4, 0.5) is 0 Å². The first-order valence-electron chi connectivity index (χ1n) is 6.44. The third kappa shape index (κ3) is 2.61. The van der Waals surface area contributed by atoms with Crippen LogP contribution in [0.2, 0.25) is 0 Å². The number of hydrogen-bond acceptors (Lipinski definition) is 3. The number of aryl methyl sites for hydroxylation is 3. The van der Waals surface area contributed by atoms with Crippen molar-refractivity contribution in [1.29, 1.82) is 0 Å². The predicted molar refractivity (Wildman–Crippen MR) is 71.1 cm³/mol. The van der Waals surface area contributed by atoms with Crippen LogP contribution in [0.25, 0.3) is 0 Å². The summed E-state index contributed by atoms with van der Waals surface area (Å²) in [5, 5.41) is 8.89. The average molecular weight is 247 g/mol. The Morgan fingerprint density at radius 2 is 2.06 bits per heavy atom. The Hall–Kier alpha value is -1.62. The van der Waals surface area contributed by atoms with Crippen molar-refractivity contribution in [2.45, 2.75) is 39.3 Å². The summed E-state index contributed by atoms with van der Waals surface area (Å²) in [6.45, 7) is 5.05. The van der Waals surface area contributed by atoms with E-state index in [9.17, 15) is 0 Å². The second kappa shape index (κ2) is 5.35. The van der Waals surface area contributed by atoms with E-state index in [1.54, 1.807) is 4.68 Å². The normalized spacial score (nSPS) is 12.9. The SMILES string of the molecule is CCc1cc(C(N)Cc2ccn(C)n2)n(CC)n1. The minimum atomic E-state index is -0.0485. The number of rotatable bonds is 5. The third-order valence-electron chi connectivity index (χ3n) is 3.10. The predicted octanol–water partition coefficient (Wildman–Crippen LogP) is 1.44. The van der Waals surface area contributed by atoms with Crippen LogP contribution in [0.15, 0.2) is 18.3 Å². The van der Waals surface area contributed by atoms with Gasteiger partial charge in [0, 0.05) is 26.2 Å². The summed E-state index contributed by atoms with van der Waals surface area (Å²) in [6.07, 6.45) is 3.63. The lowest BCUT2D eigenvalue weighted by Gasteiger charge is -2.11. The number of aromatic nitrogens is 4. The maximum absolute atomic E-state index is 6.27. The highest BCUT2D eigenvalue weighted by molar-refractivity contribution is 5.16. The van der Waals surface area contributed by atoms with Gasteiger partial charge in [-0.25, -0.2) is 0 Å². The van der Waals surface area contributed by atoms with Gasteiger partial charge in [-0.2, -0.15) is 10.2 Å². The zero-order valence-electron chi connectivity index (χ0n) is 11.3. The molecule has 18 heavy (non-hydrogen) atoms. The molecule has 1 unspecified atom stereocenters. The highest BCUT2D eigenvalue weighted by Gasteiger charge is 2.15. The van der Waals surface area contributed by atoms with E-state index in [0.29, 0.717) is 0 Å². The van der Waals surface area contributed by atoms with Gasteiger partial charge in [-0.3, -0.25) is 9.36 Å².